The molecule has 24 heavy (non-hydrogen) atoms. The van der Waals surface area contributed by atoms with Crippen molar-refractivity contribution in [2.45, 2.75) is 32.4 Å². The number of carbonyl (C=O) groups excluding carboxylic acids is 1. The predicted octanol–water partition coefficient (Wildman–Crippen LogP) is 2.97. The highest BCUT2D eigenvalue weighted by atomic mass is 19.1. The number of carbonyl (C=O) groups is 1. The monoisotopic (exact) mass is 339 g/mol. The molecule has 0 unspecified atom stereocenters. The lowest BCUT2D eigenvalue weighted by Crippen LogP contribution is -2.67. The van der Waals surface area contributed by atoms with Crippen molar-refractivity contribution >= 4 is 17.4 Å². The van der Waals surface area contributed by atoms with Crippen LogP contribution in [0.25, 0.3) is 0 Å². The number of nitrogens with one attached hydrogen (secondary N) is 2. The van der Waals surface area contributed by atoms with E-state index in [9.17, 15) is 13.6 Å². The van der Waals surface area contributed by atoms with Gasteiger partial charge in [-0.05, 0) is 18.6 Å². The molecule has 0 spiro atoms. The van der Waals surface area contributed by atoms with Gasteiger partial charge in [0.1, 0.15) is 5.69 Å². The van der Waals surface area contributed by atoms with E-state index in [2.05, 4.69) is 24.5 Å². The molecule has 1 saturated carbocycles. The van der Waals surface area contributed by atoms with Crippen molar-refractivity contribution in [3.05, 3.63) is 23.8 Å². The summed E-state index contributed by atoms with van der Waals surface area (Å²) in [5.74, 6) is -1.14. The molecule has 0 aromatic heterocycles. The molecule has 0 bridgehead atoms. The van der Waals surface area contributed by atoms with Gasteiger partial charge in [0.25, 0.3) is 0 Å². The number of hydrogen-bond acceptors (Lipinski definition) is 3. The molecule has 1 saturated heterocycles. The molecule has 2 N–H and O–H groups in total. The molecule has 1 heterocycles. The second-order valence-electron chi connectivity index (χ2n) is 7.32. The molecule has 2 amide bonds. The van der Waals surface area contributed by atoms with Crippen LogP contribution in [0, 0.1) is 23.0 Å². The lowest BCUT2D eigenvalue weighted by Gasteiger charge is -2.54. The summed E-state index contributed by atoms with van der Waals surface area (Å²) in [4.78, 5) is 13.6. The third-order valence-corrected chi connectivity index (χ3v) is 5.11. The molecule has 5 nitrogen and oxygen atoms in total. The molecule has 1 aromatic rings. The first-order valence-electron chi connectivity index (χ1n) is 8.07. The number of amides is 2. The van der Waals surface area contributed by atoms with Crippen molar-refractivity contribution in [2.75, 3.05) is 30.9 Å². The SMILES string of the molecule is CN(C)c1c(F)cc(NC(=O)N[C@@H]2[C@@H]3CCO[C@@H]3C2(C)C)cc1F. The van der Waals surface area contributed by atoms with E-state index in [1.54, 1.807) is 14.1 Å². The van der Waals surface area contributed by atoms with E-state index in [1.165, 1.54) is 4.90 Å². The van der Waals surface area contributed by atoms with E-state index in [0.29, 0.717) is 12.5 Å². The highest BCUT2D eigenvalue weighted by Gasteiger charge is 2.59. The number of halogens is 2. The lowest BCUT2D eigenvalue weighted by atomic mass is 9.57. The molecule has 1 aromatic carbocycles. The Bertz CT molecular complexity index is 640. The van der Waals surface area contributed by atoms with Gasteiger partial charge in [-0.15, -0.1) is 0 Å². The van der Waals surface area contributed by atoms with Crippen LogP contribution in [0.4, 0.5) is 25.0 Å². The van der Waals surface area contributed by atoms with Crippen LogP contribution in [0.1, 0.15) is 20.3 Å². The standard InChI is InChI=1S/C17H23F2N3O2/c1-17(2)14(10-5-6-24-15(10)17)21-16(23)20-9-7-11(18)13(22(3)4)12(19)8-9/h7-8,10,14-15H,5-6H2,1-4H3,(H2,20,21,23)/t10-,14+,15-/m0/s1. The Morgan fingerprint density at radius 2 is 1.92 bits per heavy atom. The van der Waals surface area contributed by atoms with Crippen molar-refractivity contribution in [1.82, 2.24) is 5.32 Å². The van der Waals surface area contributed by atoms with E-state index < -0.39 is 17.7 Å². The number of benzene rings is 1. The van der Waals surface area contributed by atoms with Crippen LogP contribution < -0.4 is 15.5 Å². The van der Waals surface area contributed by atoms with E-state index in [-0.39, 0.29) is 28.9 Å². The molecule has 2 aliphatic rings. The summed E-state index contributed by atoms with van der Waals surface area (Å²) in [5.41, 5.74) is -0.194. The number of nitrogens with zero attached hydrogens (tertiary/aromatic N) is 1. The van der Waals surface area contributed by atoms with Crippen LogP contribution in [0.3, 0.4) is 0 Å². The normalized spacial score (nSPS) is 27.2. The van der Waals surface area contributed by atoms with Crippen LogP contribution in [0.2, 0.25) is 0 Å². The zero-order chi connectivity index (χ0) is 17.6. The van der Waals surface area contributed by atoms with Gasteiger partial charge in [0, 0.05) is 43.8 Å². The molecule has 1 aliphatic heterocycles. The zero-order valence-corrected chi connectivity index (χ0v) is 14.3. The topological polar surface area (TPSA) is 53.6 Å². The van der Waals surface area contributed by atoms with Crippen molar-refractivity contribution in [2.24, 2.45) is 11.3 Å². The third kappa shape index (κ3) is 2.70. The van der Waals surface area contributed by atoms with Crippen LogP contribution in [0.5, 0.6) is 0 Å². The number of hydrogen-bond donors (Lipinski definition) is 2. The molecule has 0 radical (unpaired) electrons. The fourth-order valence-corrected chi connectivity index (χ4v) is 3.99. The second-order valence-corrected chi connectivity index (χ2v) is 7.32. The summed E-state index contributed by atoms with van der Waals surface area (Å²) in [7, 11) is 3.11. The van der Waals surface area contributed by atoms with E-state index in [0.717, 1.165) is 18.6 Å². The Kier molecular flexibility index (Phi) is 4.15. The fraction of sp³-hybridized carbons (Fsp3) is 0.588. The van der Waals surface area contributed by atoms with Crippen LogP contribution in [-0.2, 0) is 4.74 Å². The first-order chi connectivity index (χ1) is 11.2. The first-order valence-corrected chi connectivity index (χ1v) is 8.07. The Morgan fingerprint density at radius 3 is 2.50 bits per heavy atom. The summed E-state index contributed by atoms with van der Waals surface area (Å²) in [6.45, 7) is 4.81. The Hall–Kier alpha value is -1.89. The van der Waals surface area contributed by atoms with Gasteiger partial charge in [-0.3, -0.25) is 0 Å². The average Bonchev–Trinajstić information content (AvgIpc) is 2.90. The average molecular weight is 339 g/mol. The number of ether oxygens (including phenoxy) is 1. The lowest BCUT2D eigenvalue weighted by molar-refractivity contribution is -0.107. The maximum Gasteiger partial charge on any atom is 0.319 e. The highest BCUT2D eigenvalue weighted by molar-refractivity contribution is 5.90. The summed E-state index contributed by atoms with van der Waals surface area (Å²) in [6.07, 6.45) is 1.08. The summed E-state index contributed by atoms with van der Waals surface area (Å²) < 4.78 is 33.7. The third-order valence-electron chi connectivity index (χ3n) is 5.11. The van der Waals surface area contributed by atoms with Crippen molar-refractivity contribution in [3.63, 3.8) is 0 Å². The largest absolute Gasteiger partial charge is 0.377 e. The fourth-order valence-electron chi connectivity index (χ4n) is 3.99. The minimum atomic E-state index is -0.719. The minimum Gasteiger partial charge on any atom is -0.377 e. The van der Waals surface area contributed by atoms with E-state index >= 15 is 0 Å². The van der Waals surface area contributed by atoms with Gasteiger partial charge in [0.15, 0.2) is 11.6 Å². The van der Waals surface area contributed by atoms with Gasteiger partial charge in [-0.25, -0.2) is 13.6 Å². The van der Waals surface area contributed by atoms with E-state index in [1.807, 2.05) is 0 Å². The predicted molar refractivity (Wildman–Crippen MR) is 88.3 cm³/mol. The second kappa shape index (κ2) is 5.88. The van der Waals surface area contributed by atoms with Gasteiger partial charge < -0.3 is 20.3 Å². The summed E-state index contributed by atoms with van der Waals surface area (Å²) >= 11 is 0. The van der Waals surface area contributed by atoms with Crippen LogP contribution in [-0.4, -0.2) is 38.9 Å². The summed E-state index contributed by atoms with van der Waals surface area (Å²) in [6, 6.07) is 1.76. The van der Waals surface area contributed by atoms with Crippen LogP contribution in [0.15, 0.2) is 12.1 Å². The molecular formula is C17H23F2N3O2. The van der Waals surface area contributed by atoms with Crippen molar-refractivity contribution in [3.8, 4) is 0 Å². The van der Waals surface area contributed by atoms with E-state index in [4.69, 9.17) is 4.74 Å². The summed E-state index contributed by atoms with van der Waals surface area (Å²) in [5, 5.41) is 5.43. The number of fused-ring (bicyclic) bond motifs is 1. The molecule has 3 rings (SSSR count). The van der Waals surface area contributed by atoms with Gasteiger partial charge in [-0.2, -0.15) is 0 Å². The molecule has 132 valence electrons. The molecule has 2 fully saturated rings. The number of urea groups is 1. The molecule has 1 aliphatic carbocycles. The Labute approximate surface area is 140 Å². The van der Waals surface area contributed by atoms with Crippen molar-refractivity contribution in [1.29, 1.82) is 0 Å². The van der Waals surface area contributed by atoms with Crippen molar-refractivity contribution < 1.29 is 18.3 Å². The number of rotatable bonds is 3. The highest BCUT2D eigenvalue weighted by Crippen LogP contribution is 2.52. The zero-order valence-electron chi connectivity index (χ0n) is 14.3. The van der Waals surface area contributed by atoms with Gasteiger partial charge in [0.05, 0.1) is 6.10 Å². The molecular weight excluding hydrogens is 316 g/mol. The molecule has 7 heteroatoms. The Balaban J connectivity index is 1.68. The molecule has 3 atom stereocenters. The Morgan fingerprint density at radius 1 is 1.29 bits per heavy atom. The van der Waals surface area contributed by atoms with Crippen LogP contribution >= 0.6 is 0 Å². The quantitative estimate of drug-likeness (QED) is 0.890. The first kappa shape index (κ1) is 17.0. The van der Waals surface area contributed by atoms with Gasteiger partial charge in [-0.1, -0.05) is 13.8 Å². The van der Waals surface area contributed by atoms with Gasteiger partial charge in [0.2, 0.25) is 0 Å². The van der Waals surface area contributed by atoms with Gasteiger partial charge >= 0.3 is 6.03 Å². The smallest absolute Gasteiger partial charge is 0.319 e. The minimum absolute atomic E-state index is 0.0132. The number of anilines is 2. The maximum atomic E-state index is 14.0. The maximum absolute atomic E-state index is 14.0.